The second-order valence-corrected chi connectivity index (χ2v) is 1.83. The molecule has 1 nitrogen and oxygen atoms in total. The van der Waals surface area contributed by atoms with Crippen LogP contribution in [0.4, 0.5) is 0 Å². The van der Waals surface area contributed by atoms with Crippen molar-refractivity contribution in [2.24, 2.45) is 4.99 Å². The van der Waals surface area contributed by atoms with Gasteiger partial charge in [-0.1, -0.05) is 6.08 Å². The van der Waals surface area contributed by atoms with Gasteiger partial charge in [-0.2, -0.15) is 0 Å². The van der Waals surface area contributed by atoms with Crippen LogP contribution in [0.5, 0.6) is 0 Å². The Balaban J connectivity index is 2.65. The van der Waals surface area contributed by atoms with Crippen LogP contribution in [0.2, 0.25) is 0 Å². The summed E-state index contributed by atoms with van der Waals surface area (Å²) < 4.78 is 0. The number of rotatable bonds is 0. The van der Waals surface area contributed by atoms with Crippen molar-refractivity contribution in [2.45, 2.75) is 6.42 Å². The van der Waals surface area contributed by atoms with Crippen molar-refractivity contribution in [2.75, 3.05) is 0 Å². The minimum Gasteiger partial charge on any atom is -0.261 e. The molecule has 0 aromatic carbocycles. The maximum atomic E-state index is 4.07. The van der Waals surface area contributed by atoms with Gasteiger partial charge in [0.05, 0.1) is 0 Å². The maximum absolute atomic E-state index is 4.07. The molecule has 2 bridgehead atoms. The van der Waals surface area contributed by atoms with E-state index in [1.807, 2.05) is 6.20 Å². The molecule has 0 aromatic rings. The first-order valence-electron chi connectivity index (χ1n) is 2.39. The van der Waals surface area contributed by atoms with Crippen LogP contribution in [0.25, 0.3) is 0 Å². The standard InChI is InChI=1S/C6H5N/c1-2-6-3-5(1)4-7-6/h1-2,4H,3H2. The van der Waals surface area contributed by atoms with Crippen molar-refractivity contribution in [1.29, 1.82) is 0 Å². The fourth-order valence-electron chi connectivity index (χ4n) is 0.873. The zero-order chi connectivity index (χ0) is 4.69. The highest BCUT2D eigenvalue weighted by molar-refractivity contribution is 6.02. The van der Waals surface area contributed by atoms with E-state index in [1.165, 1.54) is 11.3 Å². The SMILES string of the molecule is C1=CC2=NC=C1C2. The number of allylic oxidation sites excluding steroid dienone is 3. The Bertz CT molecular complexity index is 164. The Kier molecular flexibility index (Phi) is 0.392. The van der Waals surface area contributed by atoms with E-state index in [2.05, 4.69) is 17.1 Å². The van der Waals surface area contributed by atoms with Crippen LogP contribution in [0, 0.1) is 0 Å². The minimum absolute atomic E-state index is 1.08. The quantitative estimate of drug-likeness (QED) is 0.426. The molecule has 0 N–H and O–H groups in total. The lowest BCUT2D eigenvalue weighted by Gasteiger charge is -1.76. The molecular weight excluding hydrogens is 86.1 g/mol. The molecule has 0 aromatic heterocycles. The number of nitrogens with zero attached hydrogens (tertiary/aromatic N) is 1. The highest BCUT2D eigenvalue weighted by atomic mass is 14.7. The first-order chi connectivity index (χ1) is 3.45. The summed E-state index contributed by atoms with van der Waals surface area (Å²) in [6.07, 6.45) is 7.19. The lowest BCUT2D eigenvalue weighted by atomic mass is 10.3. The lowest BCUT2D eigenvalue weighted by molar-refractivity contribution is 1.46. The highest BCUT2D eigenvalue weighted by Crippen LogP contribution is 2.19. The van der Waals surface area contributed by atoms with E-state index in [-0.39, 0.29) is 0 Å². The smallest absolute Gasteiger partial charge is 0.0448 e. The molecule has 2 rings (SSSR count). The van der Waals surface area contributed by atoms with Gasteiger partial charge in [-0.15, -0.1) is 0 Å². The van der Waals surface area contributed by atoms with Gasteiger partial charge in [0, 0.05) is 18.3 Å². The molecule has 0 saturated heterocycles. The van der Waals surface area contributed by atoms with Gasteiger partial charge in [0.25, 0.3) is 0 Å². The van der Waals surface area contributed by atoms with E-state index in [0.29, 0.717) is 0 Å². The summed E-state index contributed by atoms with van der Waals surface area (Å²) in [5.41, 5.74) is 2.57. The third-order valence-corrected chi connectivity index (χ3v) is 1.27. The predicted molar refractivity (Wildman–Crippen MR) is 29.3 cm³/mol. The van der Waals surface area contributed by atoms with Gasteiger partial charge in [0.2, 0.25) is 0 Å². The summed E-state index contributed by atoms with van der Waals surface area (Å²) in [4.78, 5) is 4.07. The zero-order valence-electron chi connectivity index (χ0n) is 3.89. The van der Waals surface area contributed by atoms with E-state index >= 15 is 0 Å². The van der Waals surface area contributed by atoms with Crippen LogP contribution in [0.1, 0.15) is 6.42 Å². The van der Waals surface area contributed by atoms with Crippen molar-refractivity contribution in [3.8, 4) is 0 Å². The van der Waals surface area contributed by atoms with Crippen LogP contribution in [-0.2, 0) is 0 Å². The zero-order valence-corrected chi connectivity index (χ0v) is 3.89. The van der Waals surface area contributed by atoms with Gasteiger partial charge in [-0.05, 0) is 11.6 Å². The van der Waals surface area contributed by atoms with Crippen LogP contribution in [0.3, 0.4) is 0 Å². The van der Waals surface area contributed by atoms with Crippen molar-refractivity contribution in [3.05, 3.63) is 23.9 Å². The highest BCUT2D eigenvalue weighted by Gasteiger charge is 2.09. The molecule has 0 unspecified atom stereocenters. The van der Waals surface area contributed by atoms with Crippen molar-refractivity contribution in [3.63, 3.8) is 0 Å². The third-order valence-electron chi connectivity index (χ3n) is 1.27. The average molecular weight is 91.1 g/mol. The van der Waals surface area contributed by atoms with E-state index in [0.717, 1.165) is 6.42 Å². The summed E-state index contributed by atoms with van der Waals surface area (Å²) in [6.45, 7) is 0. The molecule has 1 heteroatoms. The Hall–Kier alpha value is -0.850. The van der Waals surface area contributed by atoms with Crippen molar-refractivity contribution in [1.82, 2.24) is 0 Å². The molecule has 2 aliphatic rings. The fourth-order valence-corrected chi connectivity index (χ4v) is 0.873. The molecule has 1 aliphatic carbocycles. The second-order valence-electron chi connectivity index (χ2n) is 1.83. The van der Waals surface area contributed by atoms with Gasteiger partial charge in [-0.3, -0.25) is 4.99 Å². The molecule has 0 radical (unpaired) electrons. The Labute approximate surface area is 42.1 Å². The molecule has 0 atom stereocenters. The first kappa shape index (κ1) is 3.19. The Morgan fingerprint density at radius 2 is 2.43 bits per heavy atom. The molecule has 0 amide bonds. The predicted octanol–water partition coefficient (Wildman–Crippen LogP) is 1.28. The molecule has 7 heavy (non-hydrogen) atoms. The van der Waals surface area contributed by atoms with Crippen LogP contribution in [0.15, 0.2) is 28.9 Å². The molecule has 1 aliphatic heterocycles. The van der Waals surface area contributed by atoms with Gasteiger partial charge in [0.1, 0.15) is 0 Å². The molecule has 0 spiro atoms. The first-order valence-corrected chi connectivity index (χ1v) is 2.39. The van der Waals surface area contributed by atoms with Gasteiger partial charge in [-0.25, -0.2) is 0 Å². The summed E-state index contributed by atoms with van der Waals surface area (Å²) >= 11 is 0. The fraction of sp³-hybridized carbons (Fsp3) is 0.167. The van der Waals surface area contributed by atoms with E-state index in [9.17, 15) is 0 Å². The number of fused-ring (bicyclic) bond motifs is 2. The normalized spacial score (nSPS) is 22.9. The van der Waals surface area contributed by atoms with E-state index in [4.69, 9.17) is 0 Å². The lowest BCUT2D eigenvalue weighted by Crippen LogP contribution is -1.78. The third kappa shape index (κ3) is 0.296. The minimum atomic E-state index is 1.08. The number of aliphatic imine (C=N–C) groups is 1. The molecular formula is C6H5N. The summed E-state index contributed by atoms with van der Waals surface area (Å²) in [6, 6.07) is 0. The van der Waals surface area contributed by atoms with Gasteiger partial charge < -0.3 is 0 Å². The molecule has 0 saturated carbocycles. The largest absolute Gasteiger partial charge is 0.261 e. The molecule has 1 heterocycles. The Morgan fingerprint density at radius 3 is 2.57 bits per heavy atom. The number of hydrogen-bond acceptors (Lipinski definition) is 1. The van der Waals surface area contributed by atoms with Crippen LogP contribution >= 0.6 is 0 Å². The molecule has 0 fully saturated rings. The average Bonchev–Trinajstić information content (AvgIpc) is 2.22. The second kappa shape index (κ2) is 0.861. The van der Waals surface area contributed by atoms with Crippen LogP contribution < -0.4 is 0 Å². The van der Waals surface area contributed by atoms with Gasteiger partial charge >= 0.3 is 0 Å². The monoisotopic (exact) mass is 91.0 g/mol. The van der Waals surface area contributed by atoms with Crippen molar-refractivity contribution < 1.29 is 0 Å². The summed E-state index contributed by atoms with van der Waals surface area (Å²) in [5, 5.41) is 0. The summed E-state index contributed by atoms with van der Waals surface area (Å²) in [7, 11) is 0. The van der Waals surface area contributed by atoms with E-state index in [1.54, 1.807) is 0 Å². The van der Waals surface area contributed by atoms with E-state index < -0.39 is 0 Å². The topological polar surface area (TPSA) is 12.4 Å². The number of hydrogen-bond donors (Lipinski definition) is 0. The van der Waals surface area contributed by atoms with Gasteiger partial charge in [0.15, 0.2) is 0 Å². The molecule has 34 valence electrons. The van der Waals surface area contributed by atoms with Crippen molar-refractivity contribution >= 4 is 5.71 Å². The maximum Gasteiger partial charge on any atom is 0.0448 e. The Morgan fingerprint density at radius 1 is 1.43 bits per heavy atom. The van der Waals surface area contributed by atoms with Crippen LogP contribution in [-0.4, -0.2) is 5.71 Å². The summed E-state index contributed by atoms with van der Waals surface area (Å²) in [5.74, 6) is 0.